The van der Waals surface area contributed by atoms with Crippen molar-refractivity contribution >= 4 is 11.8 Å². The van der Waals surface area contributed by atoms with Crippen LogP contribution in [0.15, 0.2) is 33.7 Å². The maximum atomic E-state index is 12.3. The third kappa shape index (κ3) is 3.06. The van der Waals surface area contributed by atoms with Crippen LogP contribution in [-0.4, -0.2) is 15.6 Å². The summed E-state index contributed by atoms with van der Waals surface area (Å²) >= 11 is -0.160. The number of thioether (sulfide) groups is 1. The summed E-state index contributed by atoms with van der Waals surface area (Å²) in [5, 5.41) is 3.87. The zero-order valence-electron chi connectivity index (χ0n) is 10.9. The summed E-state index contributed by atoms with van der Waals surface area (Å²) in [5.74, 6) is 0.725. The van der Waals surface area contributed by atoms with Crippen molar-refractivity contribution in [2.75, 3.05) is 0 Å². The highest BCUT2D eigenvalue weighted by atomic mass is 32.2. The van der Waals surface area contributed by atoms with E-state index in [1.54, 1.807) is 0 Å². The van der Waals surface area contributed by atoms with E-state index >= 15 is 0 Å². The second-order valence-corrected chi connectivity index (χ2v) is 6.14. The van der Waals surface area contributed by atoms with Crippen LogP contribution < -0.4 is 5.73 Å². The highest BCUT2D eigenvalue weighted by molar-refractivity contribution is 8.00. The van der Waals surface area contributed by atoms with Crippen molar-refractivity contribution in [3.05, 3.63) is 30.1 Å². The predicted octanol–water partition coefficient (Wildman–Crippen LogP) is 3.69. The quantitative estimate of drug-likeness (QED) is 0.875. The molecule has 112 valence electrons. The Labute approximate surface area is 122 Å². The number of nitrogens with zero attached hydrogens (tertiary/aromatic N) is 2. The molecule has 1 heterocycles. The van der Waals surface area contributed by atoms with Crippen LogP contribution in [0, 0.1) is 0 Å². The molecule has 0 radical (unpaired) electrons. The van der Waals surface area contributed by atoms with E-state index < -0.39 is 11.0 Å². The zero-order valence-corrected chi connectivity index (χ0v) is 11.7. The highest BCUT2D eigenvalue weighted by Gasteiger charge is 2.39. The highest BCUT2D eigenvalue weighted by Crippen LogP contribution is 2.39. The lowest BCUT2D eigenvalue weighted by atomic mass is 9.77. The minimum Gasteiger partial charge on any atom is -0.334 e. The van der Waals surface area contributed by atoms with Crippen LogP contribution in [0.3, 0.4) is 0 Å². The van der Waals surface area contributed by atoms with Crippen LogP contribution in [0.5, 0.6) is 0 Å². The molecule has 1 saturated carbocycles. The van der Waals surface area contributed by atoms with Crippen LogP contribution in [-0.2, 0) is 5.54 Å². The molecule has 0 aliphatic heterocycles. The number of hydrogen-bond donors (Lipinski definition) is 1. The summed E-state index contributed by atoms with van der Waals surface area (Å²) < 4.78 is 41.9. The number of alkyl halides is 3. The van der Waals surface area contributed by atoms with Crippen molar-refractivity contribution in [1.29, 1.82) is 0 Å². The number of hydrogen-bond acceptors (Lipinski definition) is 5. The molecule has 0 atom stereocenters. The van der Waals surface area contributed by atoms with Gasteiger partial charge < -0.3 is 10.3 Å². The lowest BCUT2D eigenvalue weighted by molar-refractivity contribution is -0.0328. The van der Waals surface area contributed by atoms with Crippen molar-refractivity contribution in [1.82, 2.24) is 10.1 Å². The Hall–Kier alpha value is -1.54. The summed E-state index contributed by atoms with van der Waals surface area (Å²) in [5.41, 5.74) is 1.85. The van der Waals surface area contributed by atoms with Crippen molar-refractivity contribution in [3.8, 4) is 11.5 Å². The van der Waals surface area contributed by atoms with Gasteiger partial charge in [0.2, 0.25) is 0 Å². The second-order valence-electron chi connectivity index (χ2n) is 5.01. The molecule has 1 aliphatic rings. The molecule has 0 saturated heterocycles. The maximum Gasteiger partial charge on any atom is 0.446 e. The van der Waals surface area contributed by atoms with Crippen LogP contribution in [0.4, 0.5) is 13.2 Å². The fraction of sp³-hybridized carbons (Fsp3) is 0.385. The third-order valence-electron chi connectivity index (χ3n) is 3.45. The largest absolute Gasteiger partial charge is 0.446 e. The SMILES string of the molecule is NC1(c2noc(-c3ccc(SC(F)(F)F)cc3)n2)CCC1. The second kappa shape index (κ2) is 5.03. The van der Waals surface area contributed by atoms with Gasteiger partial charge in [0.15, 0.2) is 5.82 Å². The molecular formula is C13H12F3N3OS. The molecule has 0 amide bonds. The Morgan fingerprint density at radius 2 is 1.86 bits per heavy atom. The van der Waals surface area contributed by atoms with E-state index in [-0.39, 0.29) is 22.5 Å². The number of aromatic nitrogens is 2. The molecule has 1 aromatic carbocycles. The number of benzene rings is 1. The molecular weight excluding hydrogens is 303 g/mol. The summed E-state index contributed by atoms with van der Waals surface area (Å²) in [4.78, 5) is 4.36. The van der Waals surface area contributed by atoms with E-state index in [0.29, 0.717) is 11.4 Å². The molecule has 1 fully saturated rings. The van der Waals surface area contributed by atoms with E-state index in [1.165, 1.54) is 24.3 Å². The lowest BCUT2D eigenvalue weighted by Gasteiger charge is -2.34. The molecule has 0 spiro atoms. The van der Waals surface area contributed by atoms with Gasteiger partial charge in [0.25, 0.3) is 5.89 Å². The van der Waals surface area contributed by atoms with E-state index in [1.807, 2.05) is 0 Å². The normalized spacial score (nSPS) is 17.5. The average Bonchev–Trinajstić information content (AvgIpc) is 2.85. The molecule has 4 nitrogen and oxygen atoms in total. The van der Waals surface area contributed by atoms with Gasteiger partial charge in [0, 0.05) is 10.5 Å². The minimum absolute atomic E-state index is 0.111. The van der Waals surface area contributed by atoms with Crippen LogP contribution in [0.2, 0.25) is 0 Å². The van der Waals surface area contributed by atoms with Gasteiger partial charge in [-0.2, -0.15) is 18.2 Å². The predicted molar refractivity (Wildman–Crippen MR) is 71.4 cm³/mol. The van der Waals surface area contributed by atoms with E-state index in [0.717, 1.165) is 19.3 Å². The molecule has 0 unspecified atom stereocenters. The van der Waals surface area contributed by atoms with Crippen molar-refractivity contribution in [2.45, 2.75) is 35.2 Å². The first-order chi connectivity index (χ1) is 9.86. The summed E-state index contributed by atoms with van der Waals surface area (Å²) in [6, 6.07) is 5.79. The van der Waals surface area contributed by atoms with Gasteiger partial charge in [0.05, 0.1) is 5.54 Å². The van der Waals surface area contributed by atoms with Crippen LogP contribution >= 0.6 is 11.8 Å². The fourth-order valence-electron chi connectivity index (χ4n) is 2.12. The lowest BCUT2D eigenvalue weighted by Crippen LogP contribution is -2.44. The van der Waals surface area contributed by atoms with Gasteiger partial charge in [-0.15, -0.1) is 0 Å². The molecule has 21 heavy (non-hydrogen) atoms. The van der Waals surface area contributed by atoms with Gasteiger partial charge in [0.1, 0.15) is 0 Å². The molecule has 1 aliphatic carbocycles. The molecule has 8 heteroatoms. The minimum atomic E-state index is -4.30. The van der Waals surface area contributed by atoms with Gasteiger partial charge in [-0.05, 0) is 55.3 Å². The first-order valence-corrected chi connectivity index (χ1v) is 7.17. The molecule has 0 bridgehead atoms. The van der Waals surface area contributed by atoms with Crippen LogP contribution in [0.25, 0.3) is 11.5 Å². The standard InChI is InChI=1S/C13H12F3N3OS/c14-13(15,16)21-9-4-2-8(3-5-9)10-18-11(19-20-10)12(17)6-1-7-12/h2-5H,1,6-7,17H2. The first-order valence-electron chi connectivity index (χ1n) is 6.35. The third-order valence-corrected chi connectivity index (χ3v) is 4.19. The van der Waals surface area contributed by atoms with Gasteiger partial charge in [-0.25, -0.2) is 0 Å². The Morgan fingerprint density at radius 1 is 1.19 bits per heavy atom. The smallest absolute Gasteiger partial charge is 0.334 e. The topological polar surface area (TPSA) is 64.9 Å². The van der Waals surface area contributed by atoms with Gasteiger partial charge in [-0.3, -0.25) is 0 Å². The Kier molecular flexibility index (Phi) is 3.45. The molecule has 3 rings (SSSR count). The van der Waals surface area contributed by atoms with E-state index in [4.69, 9.17) is 10.3 Å². The summed E-state index contributed by atoms with van der Waals surface area (Å²) in [6.45, 7) is 0. The van der Waals surface area contributed by atoms with Crippen LogP contribution in [0.1, 0.15) is 25.1 Å². The maximum absolute atomic E-state index is 12.3. The number of halogens is 3. The number of nitrogens with two attached hydrogens (primary N) is 1. The Morgan fingerprint density at radius 3 is 2.38 bits per heavy atom. The first kappa shape index (κ1) is 14.4. The number of rotatable bonds is 3. The fourth-order valence-corrected chi connectivity index (χ4v) is 2.66. The average molecular weight is 315 g/mol. The van der Waals surface area contributed by atoms with Crippen molar-refractivity contribution < 1.29 is 17.7 Å². The van der Waals surface area contributed by atoms with E-state index in [9.17, 15) is 13.2 Å². The Balaban J connectivity index is 1.78. The van der Waals surface area contributed by atoms with Gasteiger partial charge >= 0.3 is 5.51 Å². The summed E-state index contributed by atoms with van der Waals surface area (Å²) in [6.07, 6.45) is 2.66. The molecule has 2 N–H and O–H groups in total. The van der Waals surface area contributed by atoms with Crippen molar-refractivity contribution in [2.24, 2.45) is 5.73 Å². The summed E-state index contributed by atoms with van der Waals surface area (Å²) in [7, 11) is 0. The van der Waals surface area contributed by atoms with Gasteiger partial charge in [-0.1, -0.05) is 5.16 Å². The van der Waals surface area contributed by atoms with E-state index in [2.05, 4.69) is 10.1 Å². The Bertz CT molecular complexity index is 635. The van der Waals surface area contributed by atoms with Crippen molar-refractivity contribution in [3.63, 3.8) is 0 Å². The molecule has 1 aromatic heterocycles. The molecule has 2 aromatic rings. The monoisotopic (exact) mass is 315 g/mol. The zero-order chi connectivity index (χ0) is 15.1.